The molecule has 1 aromatic heterocycles. The molecular formula is C11H20N4O. The Bertz CT molecular complexity index is 315. The van der Waals surface area contributed by atoms with E-state index >= 15 is 0 Å². The quantitative estimate of drug-likeness (QED) is 0.755. The van der Waals surface area contributed by atoms with Gasteiger partial charge < -0.3 is 15.7 Å². The largest absolute Gasteiger partial charge is 0.395 e. The molecule has 90 valence electrons. The van der Waals surface area contributed by atoms with E-state index in [-0.39, 0.29) is 6.61 Å². The van der Waals surface area contributed by atoms with Crippen molar-refractivity contribution >= 4 is 11.5 Å². The van der Waals surface area contributed by atoms with Crippen molar-refractivity contribution in [2.24, 2.45) is 0 Å². The summed E-state index contributed by atoms with van der Waals surface area (Å²) in [4.78, 5) is 10.1. The molecule has 0 aromatic carbocycles. The van der Waals surface area contributed by atoms with E-state index in [1.807, 2.05) is 0 Å². The molecule has 0 radical (unpaired) electrons. The Labute approximate surface area is 96.3 Å². The van der Waals surface area contributed by atoms with Gasteiger partial charge in [0.05, 0.1) is 18.5 Å². The Kier molecular flexibility index (Phi) is 4.98. The maximum atomic E-state index is 9.10. The Balaban J connectivity index is 2.97. The second kappa shape index (κ2) is 6.27. The van der Waals surface area contributed by atoms with Gasteiger partial charge >= 0.3 is 0 Å². The SMILES string of the molecule is CCC(CC)N(CCO)c1ncncc1N. The molecule has 0 aliphatic heterocycles. The normalized spacial score (nSPS) is 10.8. The fourth-order valence-electron chi connectivity index (χ4n) is 1.87. The first-order valence-corrected chi connectivity index (χ1v) is 5.67. The van der Waals surface area contributed by atoms with E-state index in [0.717, 1.165) is 18.7 Å². The van der Waals surface area contributed by atoms with Crippen LogP contribution in [0, 0.1) is 0 Å². The standard InChI is InChI=1S/C11H20N4O/c1-3-9(4-2)15(5-6-16)11-10(12)7-13-8-14-11/h7-9,16H,3-6,12H2,1-2H3. The molecule has 16 heavy (non-hydrogen) atoms. The molecular weight excluding hydrogens is 204 g/mol. The summed E-state index contributed by atoms with van der Waals surface area (Å²) in [5, 5.41) is 9.10. The average Bonchev–Trinajstić information content (AvgIpc) is 2.30. The van der Waals surface area contributed by atoms with Crippen LogP contribution >= 0.6 is 0 Å². The molecule has 5 heteroatoms. The number of nitrogens with two attached hydrogens (primary N) is 1. The molecule has 1 rings (SSSR count). The zero-order valence-electron chi connectivity index (χ0n) is 9.93. The Hall–Kier alpha value is -1.36. The third-order valence-electron chi connectivity index (χ3n) is 2.71. The van der Waals surface area contributed by atoms with E-state index in [9.17, 15) is 0 Å². The molecule has 0 saturated carbocycles. The van der Waals surface area contributed by atoms with Crippen LogP contribution in [-0.4, -0.2) is 34.3 Å². The number of nitrogen functional groups attached to an aromatic ring is 1. The molecule has 5 nitrogen and oxygen atoms in total. The lowest BCUT2D eigenvalue weighted by Gasteiger charge is -2.31. The lowest BCUT2D eigenvalue weighted by molar-refractivity contribution is 0.295. The van der Waals surface area contributed by atoms with Crippen LogP contribution in [0.1, 0.15) is 26.7 Å². The van der Waals surface area contributed by atoms with Crippen LogP contribution in [0.15, 0.2) is 12.5 Å². The van der Waals surface area contributed by atoms with Gasteiger partial charge in [-0.05, 0) is 12.8 Å². The summed E-state index contributed by atoms with van der Waals surface area (Å²) >= 11 is 0. The van der Waals surface area contributed by atoms with Crippen molar-refractivity contribution in [2.75, 3.05) is 23.8 Å². The van der Waals surface area contributed by atoms with Gasteiger partial charge in [-0.15, -0.1) is 0 Å². The van der Waals surface area contributed by atoms with Crippen LogP contribution < -0.4 is 10.6 Å². The van der Waals surface area contributed by atoms with E-state index < -0.39 is 0 Å². The number of nitrogens with zero attached hydrogens (tertiary/aromatic N) is 3. The summed E-state index contributed by atoms with van der Waals surface area (Å²) in [5.41, 5.74) is 6.41. The van der Waals surface area contributed by atoms with Gasteiger partial charge in [0.2, 0.25) is 0 Å². The Morgan fingerprint density at radius 3 is 2.62 bits per heavy atom. The van der Waals surface area contributed by atoms with Gasteiger partial charge in [0.15, 0.2) is 5.82 Å². The predicted octanol–water partition coefficient (Wildman–Crippen LogP) is 1.05. The number of rotatable bonds is 6. The minimum atomic E-state index is 0.0972. The Morgan fingerprint density at radius 1 is 1.44 bits per heavy atom. The van der Waals surface area contributed by atoms with Crippen molar-refractivity contribution in [3.63, 3.8) is 0 Å². The van der Waals surface area contributed by atoms with Crippen molar-refractivity contribution in [1.82, 2.24) is 9.97 Å². The third-order valence-corrected chi connectivity index (χ3v) is 2.71. The molecule has 1 aromatic rings. The van der Waals surface area contributed by atoms with E-state index in [4.69, 9.17) is 10.8 Å². The molecule has 0 amide bonds. The highest BCUT2D eigenvalue weighted by Crippen LogP contribution is 2.22. The highest BCUT2D eigenvalue weighted by Gasteiger charge is 2.18. The fraction of sp³-hybridized carbons (Fsp3) is 0.636. The van der Waals surface area contributed by atoms with E-state index in [2.05, 4.69) is 28.7 Å². The summed E-state index contributed by atoms with van der Waals surface area (Å²) < 4.78 is 0. The van der Waals surface area contributed by atoms with Crippen LogP contribution in [0.5, 0.6) is 0 Å². The first-order valence-electron chi connectivity index (χ1n) is 5.67. The minimum Gasteiger partial charge on any atom is -0.395 e. The third kappa shape index (κ3) is 2.82. The number of hydrogen-bond acceptors (Lipinski definition) is 5. The highest BCUT2D eigenvalue weighted by atomic mass is 16.3. The van der Waals surface area contributed by atoms with Crippen LogP contribution in [-0.2, 0) is 0 Å². The van der Waals surface area contributed by atoms with Crippen molar-refractivity contribution in [3.05, 3.63) is 12.5 Å². The highest BCUT2D eigenvalue weighted by molar-refractivity contribution is 5.61. The zero-order valence-corrected chi connectivity index (χ0v) is 9.93. The van der Waals surface area contributed by atoms with Crippen molar-refractivity contribution in [2.45, 2.75) is 32.7 Å². The molecule has 0 aliphatic carbocycles. The van der Waals surface area contributed by atoms with Gasteiger partial charge in [-0.3, -0.25) is 0 Å². The van der Waals surface area contributed by atoms with Gasteiger partial charge in [-0.2, -0.15) is 0 Å². The van der Waals surface area contributed by atoms with Crippen LogP contribution in [0.2, 0.25) is 0 Å². The minimum absolute atomic E-state index is 0.0972. The van der Waals surface area contributed by atoms with Crippen LogP contribution in [0.4, 0.5) is 11.5 Å². The summed E-state index contributed by atoms with van der Waals surface area (Å²) in [7, 11) is 0. The van der Waals surface area contributed by atoms with Crippen LogP contribution in [0.25, 0.3) is 0 Å². The fourth-order valence-corrected chi connectivity index (χ4v) is 1.87. The smallest absolute Gasteiger partial charge is 0.155 e. The van der Waals surface area contributed by atoms with Crippen molar-refractivity contribution < 1.29 is 5.11 Å². The van der Waals surface area contributed by atoms with Gasteiger partial charge in [-0.1, -0.05) is 13.8 Å². The topological polar surface area (TPSA) is 75.3 Å². The number of hydrogen-bond donors (Lipinski definition) is 2. The maximum Gasteiger partial charge on any atom is 0.155 e. The molecule has 3 N–H and O–H groups in total. The van der Waals surface area contributed by atoms with E-state index in [1.54, 1.807) is 6.20 Å². The molecule has 0 fully saturated rings. The summed E-state index contributed by atoms with van der Waals surface area (Å²) in [5.74, 6) is 0.720. The number of anilines is 2. The van der Waals surface area contributed by atoms with Crippen molar-refractivity contribution in [1.29, 1.82) is 0 Å². The molecule has 0 atom stereocenters. The summed E-state index contributed by atoms with van der Waals surface area (Å²) in [6.45, 7) is 4.89. The molecule has 0 spiro atoms. The molecule has 0 unspecified atom stereocenters. The lowest BCUT2D eigenvalue weighted by atomic mass is 10.1. The predicted molar refractivity (Wildman–Crippen MR) is 65.2 cm³/mol. The molecule has 0 aliphatic rings. The summed E-state index contributed by atoms with van der Waals surface area (Å²) in [6.07, 6.45) is 5.08. The molecule has 0 bridgehead atoms. The number of aliphatic hydroxyl groups excluding tert-OH is 1. The second-order valence-corrected chi connectivity index (χ2v) is 3.69. The monoisotopic (exact) mass is 224 g/mol. The van der Waals surface area contributed by atoms with Gasteiger partial charge in [0.1, 0.15) is 6.33 Å². The Morgan fingerprint density at radius 2 is 2.12 bits per heavy atom. The first-order chi connectivity index (χ1) is 7.74. The maximum absolute atomic E-state index is 9.10. The lowest BCUT2D eigenvalue weighted by Crippen LogP contribution is -2.37. The van der Waals surface area contributed by atoms with Crippen LogP contribution in [0.3, 0.4) is 0 Å². The van der Waals surface area contributed by atoms with E-state index in [0.29, 0.717) is 18.3 Å². The number of aromatic nitrogens is 2. The molecule has 1 heterocycles. The van der Waals surface area contributed by atoms with Gasteiger partial charge in [-0.25, -0.2) is 9.97 Å². The van der Waals surface area contributed by atoms with E-state index in [1.165, 1.54) is 6.33 Å². The first kappa shape index (κ1) is 12.7. The molecule has 0 saturated heterocycles. The van der Waals surface area contributed by atoms with Gasteiger partial charge in [0.25, 0.3) is 0 Å². The average molecular weight is 224 g/mol. The summed E-state index contributed by atoms with van der Waals surface area (Å²) in [6, 6.07) is 0.351. The second-order valence-electron chi connectivity index (χ2n) is 3.69. The van der Waals surface area contributed by atoms with Crippen molar-refractivity contribution in [3.8, 4) is 0 Å². The zero-order chi connectivity index (χ0) is 12.0. The number of aliphatic hydroxyl groups is 1. The van der Waals surface area contributed by atoms with Gasteiger partial charge in [0, 0.05) is 12.6 Å².